The van der Waals surface area contributed by atoms with Gasteiger partial charge in [0, 0.05) is 15.9 Å². The lowest BCUT2D eigenvalue weighted by molar-refractivity contribution is -0.113. The van der Waals surface area contributed by atoms with Crippen LogP contribution in [0.15, 0.2) is 38.7 Å². The average Bonchev–Trinajstić information content (AvgIpc) is 2.67. The quantitative estimate of drug-likeness (QED) is 0.330. The van der Waals surface area contributed by atoms with E-state index < -0.39 is 11.5 Å². The van der Waals surface area contributed by atoms with E-state index >= 15 is 0 Å². The Labute approximate surface area is 178 Å². The third kappa shape index (κ3) is 4.83. The monoisotopic (exact) mass is 476 g/mol. The fraction of sp³-hybridized carbons (Fsp3) is 0.211. The third-order valence-electron chi connectivity index (χ3n) is 3.99. The Bertz CT molecular complexity index is 1180. The van der Waals surface area contributed by atoms with Crippen LogP contribution >= 0.6 is 27.7 Å². The number of hydrogen-bond donors (Lipinski definition) is 2. The summed E-state index contributed by atoms with van der Waals surface area (Å²) in [7, 11) is 1.24. The second-order valence-corrected chi connectivity index (χ2v) is 8.05. The normalized spacial score (nSPS) is 10.8. The molecule has 3 aromatic rings. The van der Waals surface area contributed by atoms with Crippen LogP contribution in [0.1, 0.15) is 21.6 Å². The number of carbonyl (C=O) groups is 2. The summed E-state index contributed by atoms with van der Waals surface area (Å²) in [5.74, 6) is -0.840. The van der Waals surface area contributed by atoms with E-state index in [0.29, 0.717) is 11.4 Å². The molecule has 0 saturated heterocycles. The van der Waals surface area contributed by atoms with Crippen molar-refractivity contribution in [1.29, 1.82) is 0 Å². The summed E-state index contributed by atoms with van der Waals surface area (Å²) in [5.41, 5.74) is 1.86. The first-order valence-corrected chi connectivity index (χ1v) is 10.2. The molecule has 1 amide bonds. The van der Waals surface area contributed by atoms with Gasteiger partial charge in [-0.25, -0.2) is 14.8 Å². The van der Waals surface area contributed by atoms with E-state index in [9.17, 15) is 14.4 Å². The zero-order valence-corrected chi connectivity index (χ0v) is 18.2. The fourth-order valence-corrected chi connectivity index (χ4v) is 3.80. The molecule has 0 spiro atoms. The number of methoxy groups -OCH3 is 1. The van der Waals surface area contributed by atoms with Crippen LogP contribution in [0.4, 0.5) is 5.69 Å². The smallest absolute Gasteiger partial charge is 0.338 e. The lowest BCUT2D eigenvalue weighted by Crippen LogP contribution is -2.18. The first-order chi connectivity index (χ1) is 13.8. The molecule has 0 saturated carbocycles. The van der Waals surface area contributed by atoms with Crippen molar-refractivity contribution in [2.75, 3.05) is 18.2 Å². The predicted octanol–water partition coefficient (Wildman–Crippen LogP) is 3.21. The number of nitrogens with zero attached hydrogens (tertiary/aromatic N) is 2. The number of aromatic nitrogens is 3. The molecule has 3 rings (SSSR count). The van der Waals surface area contributed by atoms with Gasteiger partial charge >= 0.3 is 5.97 Å². The number of rotatable bonds is 5. The molecule has 2 aromatic heterocycles. The highest BCUT2D eigenvalue weighted by atomic mass is 79.9. The molecule has 29 heavy (non-hydrogen) atoms. The van der Waals surface area contributed by atoms with Crippen molar-refractivity contribution in [3.63, 3.8) is 0 Å². The molecule has 8 nitrogen and oxygen atoms in total. The Kier molecular flexibility index (Phi) is 6.33. The van der Waals surface area contributed by atoms with E-state index in [4.69, 9.17) is 4.74 Å². The van der Waals surface area contributed by atoms with Crippen LogP contribution in [0.25, 0.3) is 11.0 Å². The largest absolute Gasteiger partial charge is 0.465 e. The van der Waals surface area contributed by atoms with Crippen LogP contribution in [0.5, 0.6) is 0 Å². The van der Waals surface area contributed by atoms with Crippen molar-refractivity contribution in [2.24, 2.45) is 0 Å². The second-order valence-electron chi connectivity index (χ2n) is 6.17. The lowest BCUT2D eigenvalue weighted by Gasteiger charge is -2.09. The van der Waals surface area contributed by atoms with Crippen molar-refractivity contribution >= 4 is 56.3 Å². The minimum absolute atomic E-state index is 0.0413. The van der Waals surface area contributed by atoms with Crippen molar-refractivity contribution in [2.45, 2.75) is 19.0 Å². The summed E-state index contributed by atoms with van der Waals surface area (Å²) in [6.45, 7) is 3.58. The van der Waals surface area contributed by atoms with Crippen LogP contribution < -0.4 is 10.9 Å². The van der Waals surface area contributed by atoms with Crippen LogP contribution in [0.2, 0.25) is 0 Å². The summed E-state index contributed by atoms with van der Waals surface area (Å²) in [4.78, 5) is 47.8. The number of thioether (sulfide) groups is 1. The molecular formula is C19H17BrN4O4S. The number of fused-ring (bicyclic) bond motifs is 1. The van der Waals surface area contributed by atoms with Gasteiger partial charge in [-0.05, 0) is 43.7 Å². The van der Waals surface area contributed by atoms with E-state index in [1.165, 1.54) is 13.2 Å². The number of amides is 1. The number of halogens is 1. The summed E-state index contributed by atoms with van der Waals surface area (Å²) in [6.07, 6.45) is 0. The molecule has 0 fully saturated rings. The van der Waals surface area contributed by atoms with Crippen LogP contribution in [0, 0.1) is 13.8 Å². The van der Waals surface area contributed by atoms with E-state index in [-0.39, 0.29) is 33.4 Å². The van der Waals surface area contributed by atoms with Crippen molar-refractivity contribution in [3.05, 3.63) is 55.9 Å². The highest BCUT2D eigenvalue weighted by Crippen LogP contribution is 2.21. The molecule has 2 N–H and O–H groups in total. The van der Waals surface area contributed by atoms with Gasteiger partial charge in [0.1, 0.15) is 0 Å². The molecular weight excluding hydrogens is 460 g/mol. The van der Waals surface area contributed by atoms with Gasteiger partial charge in [0.25, 0.3) is 5.56 Å². The summed E-state index contributed by atoms with van der Waals surface area (Å²) in [5, 5.41) is 3.12. The number of carbonyl (C=O) groups excluding carboxylic acids is 2. The van der Waals surface area contributed by atoms with Gasteiger partial charge in [0.15, 0.2) is 10.8 Å². The molecule has 1 aromatic carbocycles. The molecule has 150 valence electrons. The van der Waals surface area contributed by atoms with Gasteiger partial charge < -0.3 is 15.0 Å². The number of pyridine rings is 1. The molecule has 2 heterocycles. The number of aryl methyl sites for hydroxylation is 2. The lowest BCUT2D eigenvalue weighted by atomic mass is 10.1. The first-order valence-electron chi connectivity index (χ1n) is 8.47. The number of esters is 1. The number of anilines is 1. The topological polar surface area (TPSA) is 114 Å². The van der Waals surface area contributed by atoms with E-state index in [2.05, 4.69) is 36.2 Å². The highest BCUT2D eigenvalue weighted by Gasteiger charge is 2.18. The summed E-state index contributed by atoms with van der Waals surface area (Å²) in [6, 6.07) is 7.02. The standard InChI is InChI=1S/C19H17BrN4O4S/c1-9-6-11(20)4-5-13(9)22-14(25)8-29-19-23-16-15(17(26)24-19)12(18(27)28-3)7-10(2)21-16/h4-7H,8H2,1-3H3,(H,22,25)(H,21,23,24,26). The van der Waals surface area contributed by atoms with Crippen LogP contribution in [-0.2, 0) is 9.53 Å². The third-order valence-corrected chi connectivity index (χ3v) is 5.36. The Morgan fingerprint density at radius 2 is 2.00 bits per heavy atom. The highest BCUT2D eigenvalue weighted by molar-refractivity contribution is 9.10. The van der Waals surface area contributed by atoms with Crippen LogP contribution in [-0.4, -0.2) is 39.7 Å². The minimum Gasteiger partial charge on any atom is -0.465 e. The number of hydrogen-bond acceptors (Lipinski definition) is 7. The predicted molar refractivity (Wildman–Crippen MR) is 114 cm³/mol. The van der Waals surface area contributed by atoms with Gasteiger partial charge in [0.2, 0.25) is 5.91 Å². The number of aromatic amines is 1. The Hall–Kier alpha value is -2.72. The Morgan fingerprint density at radius 1 is 1.24 bits per heavy atom. The van der Waals surface area contributed by atoms with Crippen molar-refractivity contribution in [3.8, 4) is 0 Å². The van der Waals surface area contributed by atoms with Gasteiger partial charge in [-0.15, -0.1) is 0 Å². The Balaban J connectivity index is 1.81. The number of H-pyrrole nitrogens is 1. The van der Waals surface area contributed by atoms with Gasteiger partial charge in [0.05, 0.1) is 23.8 Å². The Morgan fingerprint density at radius 3 is 2.69 bits per heavy atom. The molecule has 0 aliphatic carbocycles. The maximum atomic E-state index is 12.5. The number of benzene rings is 1. The molecule has 0 aliphatic rings. The summed E-state index contributed by atoms with van der Waals surface area (Å²) >= 11 is 4.45. The molecule has 0 aliphatic heterocycles. The van der Waals surface area contributed by atoms with Crippen molar-refractivity contribution < 1.29 is 14.3 Å². The number of ether oxygens (including phenoxy) is 1. The first kappa shape index (κ1) is 21.0. The van der Waals surface area contributed by atoms with Crippen LogP contribution in [0.3, 0.4) is 0 Å². The molecule has 0 radical (unpaired) electrons. The SMILES string of the molecule is COC(=O)c1cc(C)nc2nc(SCC(=O)Nc3ccc(Br)cc3C)[nH]c(=O)c12. The maximum Gasteiger partial charge on any atom is 0.338 e. The molecule has 0 bridgehead atoms. The average molecular weight is 477 g/mol. The van der Waals surface area contributed by atoms with E-state index in [1.54, 1.807) is 13.0 Å². The molecule has 0 atom stereocenters. The summed E-state index contributed by atoms with van der Waals surface area (Å²) < 4.78 is 5.65. The van der Waals surface area contributed by atoms with Crippen molar-refractivity contribution in [1.82, 2.24) is 15.0 Å². The van der Waals surface area contributed by atoms with Gasteiger partial charge in [-0.2, -0.15) is 0 Å². The molecule has 0 unspecified atom stereocenters. The zero-order chi connectivity index (χ0) is 21.1. The van der Waals surface area contributed by atoms with Gasteiger partial charge in [-0.1, -0.05) is 27.7 Å². The van der Waals surface area contributed by atoms with E-state index in [0.717, 1.165) is 21.8 Å². The number of nitrogens with one attached hydrogen (secondary N) is 2. The maximum absolute atomic E-state index is 12.5. The zero-order valence-electron chi connectivity index (χ0n) is 15.8. The van der Waals surface area contributed by atoms with E-state index in [1.807, 2.05) is 19.1 Å². The molecule has 10 heteroatoms. The minimum atomic E-state index is -0.641. The fourth-order valence-electron chi connectivity index (χ4n) is 2.67. The van der Waals surface area contributed by atoms with Gasteiger partial charge in [-0.3, -0.25) is 9.59 Å². The second kappa shape index (κ2) is 8.75.